The van der Waals surface area contributed by atoms with E-state index in [2.05, 4.69) is 5.32 Å². The first kappa shape index (κ1) is 15.1. The Morgan fingerprint density at radius 3 is 2.44 bits per heavy atom. The highest BCUT2D eigenvalue weighted by molar-refractivity contribution is 5.83. The second-order valence-corrected chi connectivity index (χ2v) is 4.34. The standard InChI is InChI=1S/C11H22N2O3/c1-9(2)5-12-11(15)7-13(3)6-10(14)8-16-4/h9H,5-8H2,1-4H3,(H,12,15). The van der Waals surface area contributed by atoms with Crippen molar-refractivity contribution in [1.82, 2.24) is 10.2 Å². The van der Waals surface area contributed by atoms with Crippen molar-refractivity contribution >= 4 is 11.7 Å². The molecule has 0 saturated carbocycles. The van der Waals surface area contributed by atoms with Crippen LogP contribution in [0.4, 0.5) is 0 Å². The zero-order valence-corrected chi connectivity index (χ0v) is 10.6. The molecule has 5 heteroatoms. The van der Waals surface area contributed by atoms with Crippen molar-refractivity contribution in [2.75, 3.05) is 40.4 Å². The van der Waals surface area contributed by atoms with Gasteiger partial charge < -0.3 is 10.1 Å². The predicted octanol–water partition coefficient (Wildman–Crippen LogP) is -0.0941. The summed E-state index contributed by atoms with van der Waals surface area (Å²) in [7, 11) is 3.22. The lowest BCUT2D eigenvalue weighted by Crippen LogP contribution is -2.39. The highest BCUT2D eigenvalue weighted by Gasteiger charge is 2.10. The van der Waals surface area contributed by atoms with Gasteiger partial charge in [0.1, 0.15) is 6.61 Å². The van der Waals surface area contributed by atoms with Crippen LogP contribution in [-0.4, -0.2) is 57.0 Å². The van der Waals surface area contributed by atoms with Crippen molar-refractivity contribution in [3.05, 3.63) is 0 Å². The van der Waals surface area contributed by atoms with Crippen LogP contribution in [0.15, 0.2) is 0 Å². The van der Waals surface area contributed by atoms with E-state index in [-0.39, 0.29) is 31.4 Å². The van der Waals surface area contributed by atoms with Crippen LogP contribution < -0.4 is 5.32 Å². The Labute approximate surface area is 97.1 Å². The summed E-state index contributed by atoms with van der Waals surface area (Å²) in [5, 5.41) is 2.80. The second-order valence-electron chi connectivity index (χ2n) is 4.34. The van der Waals surface area contributed by atoms with E-state index >= 15 is 0 Å². The number of rotatable bonds is 8. The number of ketones is 1. The van der Waals surface area contributed by atoms with Crippen molar-refractivity contribution in [3.63, 3.8) is 0 Å². The quantitative estimate of drug-likeness (QED) is 0.633. The Bertz CT molecular complexity index is 229. The first-order valence-corrected chi connectivity index (χ1v) is 5.41. The van der Waals surface area contributed by atoms with Gasteiger partial charge in [-0.2, -0.15) is 0 Å². The molecule has 0 atom stereocenters. The maximum atomic E-state index is 11.4. The second kappa shape index (κ2) is 8.24. The fourth-order valence-electron chi connectivity index (χ4n) is 1.18. The monoisotopic (exact) mass is 230 g/mol. The van der Waals surface area contributed by atoms with Gasteiger partial charge in [-0.3, -0.25) is 14.5 Å². The summed E-state index contributed by atoms with van der Waals surface area (Å²) >= 11 is 0. The van der Waals surface area contributed by atoms with Gasteiger partial charge in [-0.1, -0.05) is 13.8 Å². The van der Waals surface area contributed by atoms with Crippen molar-refractivity contribution in [3.8, 4) is 0 Å². The molecule has 0 bridgehead atoms. The molecule has 0 radical (unpaired) electrons. The molecule has 0 heterocycles. The number of carbonyl (C=O) groups is 2. The molecule has 0 spiro atoms. The van der Waals surface area contributed by atoms with Crippen LogP contribution in [0.3, 0.4) is 0 Å². The minimum atomic E-state index is -0.0542. The molecule has 1 N–H and O–H groups in total. The lowest BCUT2D eigenvalue weighted by Gasteiger charge is -2.15. The number of likely N-dealkylation sites (N-methyl/N-ethyl adjacent to an activating group) is 1. The first-order valence-electron chi connectivity index (χ1n) is 5.41. The molecule has 16 heavy (non-hydrogen) atoms. The molecule has 0 unspecified atom stereocenters. The van der Waals surface area contributed by atoms with E-state index in [0.717, 1.165) is 0 Å². The first-order chi connectivity index (χ1) is 7.45. The third-order valence-electron chi connectivity index (χ3n) is 1.87. The summed E-state index contributed by atoms with van der Waals surface area (Å²) in [6, 6.07) is 0. The molecule has 0 aromatic carbocycles. The molecular weight excluding hydrogens is 208 g/mol. The van der Waals surface area contributed by atoms with E-state index in [9.17, 15) is 9.59 Å². The lowest BCUT2D eigenvalue weighted by atomic mass is 10.2. The van der Waals surface area contributed by atoms with E-state index in [1.54, 1.807) is 11.9 Å². The van der Waals surface area contributed by atoms with E-state index < -0.39 is 0 Å². The molecule has 94 valence electrons. The molecule has 0 saturated heterocycles. The molecule has 0 rings (SSSR count). The van der Waals surface area contributed by atoms with Gasteiger partial charge in [-0.05, 0) is 13.0 Å². The van der Waals surface area contributed by atoms with Gasteiger partial charge in [-0.15, -0.1) is 0 Å². The topological polar surface area (TPSA) is 58.6 Å². The predicted molar refractivity (Wildman–Crippen MR) is 62.2 cm³/mol. The molecule has 5 nitrogen and oxygen atoms in total. The molecule has 0 aromatic rings. The van der Waals surface area contributed by atoms with E-state index in [4.69, 9.17) is 4.74 Å². The van der Waals surface area contributed by atoms with E-state index in [0.29, 0.717) is 12.5 Å². The third-order valence-corrected chi connectivity index (χ3v) is 1.87. The number of ether oxygens (including phenoxy) is 1. The molecule has 1 amide bonds. The smallest absolute Gasteiger partial charge is 0.234 e. The van der Waals surface area contributed by atoms with Crippen molar-refractivity contribution in [2.45, 2.75) is 13.8 Å². The zero-order valence-electron chi connectivity index (χ0n) is 10.6. The van der Waals surface area contributed by atoms with Gasteiger partial charge >= 0.3 is 0 Å². The number of methoxy groups -OCH3 is 1. The molecule has 0 aliphatic carbocycles. The number of hydrogen-bond donors (Lipinski definition) is 1. The minimum absolute atomic E-state index is 0.0262. The Hall–Kier alpha value is -0.940. The van der Waals surface area contributed by atoms with E-state index in [1.807, 2.05) is 13.8 Å². The molecule has 0 fully saturated rings. The van der Waals surface area contributed by atoms with Crippen LogP contribution >= 0.6 is 0 Å². The summed E-state index contributed by atoms with van der Waals surface area (Å²) in [6.07, 6.45) is 0. The van der Waals surface area contributed by atoms with Gasteiger partial charge in [-0.25, -0.2) is 0 Å². The summed E-state index contributed by atoms with van der Waals surface area (Å²) in [5.74, 6) is 0.354. The number of hydrogen-bond acceptors (Lipinski definition) is 4. The maximum Gasteiger partial charge on any atom is 0.234 e. The zero-order chi connectivity index (χ0) is 12.6. The molecule has 0 aromatic heterocycles. The minimum Gasteiger partial charge on any atom is -0.377 e. The van der Waals surface area contributed by atoms with Crippen LogP contribution in [0.1, 0.15) is 13.8 Å². The van der Waals surface area contributed by atoms with Gasteiger partial charge in [0.05, 0.1) is 13.1 Å². The number of carbonyl (C=O) groups excluding carboxylic acids is 2. The summed E-state index contributed by atoms with van der Waals surface area (Å²) in [5.41, 5.74) is 0. The normalized spacial score (nSPS) is 10.9. The molecular formula is C11H22N2O3. The van der Waals surface area contributed by atoms with Gasteiger partial charge in [0, 0.05) is 13.7 Å². The Morgan fingerprint density at radius 2 is 1.94 bits per heavy atom. The van der Waals surface area contributed by atoms with E-state index in [1.165, 1.54) is 7.11 Å². The summed E-state index contributed by atoms with van der Waals surface area (Å²) < 4.78 is 4.71. The van der Waals surface area contributed by atoms with Crippen LogP contribution in [0, 0.1) is 5.92 Å². The number of Topliss-reactive ketones (excluding diaryl/α,β-unsaturated/α-hetero) is 1. The number of amides is 1. The third kappa shape index (κ3) is 8.38. The molecule has 0 aliphatic rings. The lowest BCUT2D eigenvalue weighted by molar-refractivity contribution is -0.125. The van der Waals surface area contributed by atoms with Crippen molar-refractivity contribution in [1.29, 1.82) is 0 Å². The van der Waals surface area contributed by atoms with Gasteiger partial charge in [0.25, 0.3) is 0 Å². The van der Waals surface area contributed by atoms with Crippen molar-refractivity contribution < 1.29 is 14.3 Å². The van der Waals surface area contributed by atoms with Gasteiger partial charge in [0.15, 0.2) is 5.78 Å². The Balaban J connectivity index is 3.73. The van der Waals surface area contributed by atoms with Gasteiger partial charge in [0.2, 0.25) is 5.91 Å². The van der Waals surface area contributed by atoms with Crippen LogP contribution in [0.25, 0.3) is 0 Å². The fraction of sp³-hybridized carbons (Fsp3) is 0.818. The Kier molecular flexibility index (Phi) is 7.76. The Morgan fingerprint density at radius 1 is 1.31 bits per heavy atom. The van der Waals surface area contributed by atoms with Crippen molar-refractivity contribution in [2.24, 2.45) is 5.92 Å². The SMILES string of the molecule is COCC(=O)CN(C)CC(=O)NCC(C)C. The van der Waals surface area contributed by atoms with Crippen LogP contribution in [-0.2, 0) is 14.3 Å². The van der Waals surface area contributed by atoms with Crippen LogP contribution in [0.5, 0.6) is 0 Å². The fourth-order valence-corrected chi connectivity index (χ4v) is 1.18. The maximum absolute atomic E-state index is 11.4. The largest absolute Gasteiger partial charge is 0.377 e. The summed E-state index contributed by atoms with van der Waals surface area (Å²) in [4.78, 5) is 24.3. The highest BCUT2D eigenvalue weighted by atomic mass is 16.5. The number of nitrogens with one attached hydrogen (secondary N) is 1. The average Bonchev–Trinajstić information content (AvgIpc) is 2.14. The highest BCUT2D eigenvalue weighted by Crippen LogP contribution is 1.89. The number of nitrogens with zero attached hydrogens (tertiary/aromatic N) is 1. The average molecular weight is 230 g/mol. The molecule has 0 aliphatic heterocycles. The van der Waals surface area contributed by atoms with Crippen LogP contribution in [0.2, 0.25) is 0 Å². The summed E-state index contributed by atoms with van der Waals surface area (Å²) in [6.45, 7) is 5.31.